The van der Waals surface area contributed by atoms with Crippen molar-refractivity contribution in [1.82, 2.24) is 15.5 Å². The summed E-state index contributed by atoms with van der Waals surface area (Å²) in [6, 6.07) is 14.3. The van der Waals surface area contributed by atoms with E-state index in [0.29, 0.717) is 22.8 Å². The van der Waals surface area contributed by atoms with Crippen LogP contribution >= 0.6 is 11.3 Å². The number of rotatable bonds is 8. The predicted octanol–water partition coefficient (Wildman–Crippen LogP) is 3.17. The van der Waals surface area contributed by atoms with E-state index < -0.39 is 17.2 Å². The first-order valence-electron chi connectivity index (χ1n) is 13.0. The van der Waals surface area contributed by atoms with Crippen LogP contribution in [0.2, 0.25) is 0 Å². The fourth-order valence-corrected chi connectivity index (χ4v) is 6.85. The molecule has 1 fully saturated rings. The van der Waals surface area contributed by atoms with Crippen molar-refractivity contribution >= 4 is 46.6 Å². The number of amides is 3. The third-order valence-corrected chi connectivity index (χ3v) is 9.37. The molecule has 1 aliphatic carbocycles. The van der Waals surface area contributed by atoms with Crippen LogP contribution < -0.4 is 16.4 Å². The zero-order valence-corrected chi connectivity index (χ0v) is 23.7. The van der Waals surface area contributed by atoms with Crippen molar-refractivity contribution in [2.24, 2.45) is 5.73 Å². The Morgan fingerprint density at radius 1 is 1.12 bits per heavy atom. The summed E-state index contributed by atoms with van der Waals surface area (Å²) in [6.07, 6.45) is 0.234. The molecule has 0 bridgehead atoms. The third-order valence-electron chi connectivity index (χ3n) is 7.64. The van der Waals surface area contributed by atoms with Gasteiger partial charge in [0.05, 0.1) is 19.1 Å². The molecule has 11 heteroatoms. The molecule has 5 N–H and O–H groups in total. The van der Waals surface area contributed by atoms with Crippen LogP contribution in [0.1, 0.15) is 64.2 Å². The molecule has 2 aromatic carbocycles. The minimum atomic E-state index is -0.816. The van der Waals surface area contributed by atoms with Gasteiger partial charge in [-0.1, -0.05) is 37.3 Å². The Morgan fingerprint density at radius 2 is 1.88 bits per heavy atom. The van der Waals surface area contributed by atoms with Gasteiger partial charge in [-0.3, -0.25) is 19.8 Å². The standard InChI is InChI=1S/C29H29N5O4S2/c1-15-20-5-3-4-6-22(20)23-9-17(7-8-21(15)23)28(36)32-12-26(35)34-13-19(40-38)11-24(34)29(37)33-16(2)25-10-18(14-39-25)27(30)31/h3-10,14-16,19,24H,11-13H2,1-2H3,(H4-,30,31,32,33,36,37)/p+1/t15?,16-,19-,24+/m1/s1. The molecule has 40 heavy (non-hydrogen) atoms. The molecule has 1 saturated heterocycles. The lowest BCUT2D eigenvalue weighted by Crippen LogP contribution is -2.49. The zero-order valence-electron chi connectivity index (χ0n) is 22.1. The van der Waals surface area contributed by atoms with Gasteiger partial charge in [-0.25, -0.2) is 0 Å². The number of nitrogens with two attached hydrogens (primary N) is 1. The van der Waals surface area contributed by atoms with Crippen molar-refractivity contribution in [3.63, 3.8) is 0 Å². The van der Waals surface area contributed by atoms with Gasteiger partial charge < -0.3 is 21.3 Å². The number of carbonyl (C=O) groups excluding carboxylic acids is 3. The molecular formula is C29H30N5O4S2+. The largest absolute Gasteiger partial charge is 0.464 e. The number of benzene rings is 2. The molecule has 1 unspecified atom stereocenters. The molecule has 0 spiro atoms. The average molecular weight is 577 g/mol. The fraction of sp³-hybridized carbons (Fsp3) is 0.310. The summed E-state index contributed by atoms with van der Waals surface area (Å²) < 4.78 is 11.6. The zero-order chi connectivity index (χ0) is 28.6. The van der Waals surface area contributed by atoms with Crippen LogP contribution in [0.25, 0.3) is 11.1 Å². The van der Waals surface area contributed by atoms with E-state index >= 15 is 0 Å². The number of hydrogen-bond donors (Lipinski definition) is 4. The highest BCUT2D eigenvalue weighted by Gasteiger charge is 2.46. The number of hydrogen-bond acceptors (Lipinski definition) is 6. The van der Waals surface area contributed by atoms with E-state index in [1.54, 1.807) is 17.5 Å². The Kier molecular flexibility index (Phi) is 7.77. The highest BCUT2D eigenvalue weighted by molar-refractivity contribution is 7.66. The SMILES string of the molecule is CC1c2ccccc2-c2cc(C(=O)NCC(=O)N3C[C@H]([S+]=O)C[C@H]3C(=O)N[C@H](C)c3cc(C(=N)N)cs3)ccc21. The van der Waals surface area contributed by atoms with Gasteiger partial charge in [-0.15, -0.1) is 11.3 Å². The van der Waals surface area contributed by atoms with Crippen LogP contribution in [0.3, 0.4) is 0 Å². The molecule has 206 valence electrons. The van der Waals surface area contributed by atoms with Gasteiger partial charge in [-0.2, -0.15) is 0 Å². The van der Waals surface area contributed by atoms with Crippen molar-refractivity contribution in [3.8, 4) is 11.1 Å². The predicted molar refractivity (Wildman–Crippen MR) is 156 cm³/mol. The molecule has 1 aliphatic heterocycles. The van der Waals surface area contributed by atoms with Crippen LogP contribution in [-0.4, -0.2) is 52.8 Å². The lowest BCUT2D eigenvalue weighted by atomic mass is 9.98. The summed E-state index contributed by atoms with van der Waals surface area (Å²) in [4.78, 5) is 41.6. The minimum absolute atomic E-state index is 0.0507. The lowest BCUT2D eigenvalue weighted by molar-refractivity contribution is -0.137. The molecule has 0 radical (unpaired) electrons. The van der Waals surface area contributed by atoms with Gasteiger partial charge in [0.25, 0.3) is 11.2 Å². The van der Waals surface area contributed by atoms with Crippen LogP contribution in [0, 0.1) is 5.41 Å². The molecule has 5 rings (SSSR count). The maximum Gasteiger partial charge on any atom is 0.464 e. The molecule has 3 amide bonds. The van der Waals surface area contributed by atoms with E-state index in [0.717, 1.165) is 21.6 Å². The maximum absolute atomic E-state index is 13.2. The molecule has 2 aliphatic rings. The Labute approximate surface area is 240 Å². The van der Waals surface area contributed by atoms with Crippen LogP contribution in [0.15, 0.2) is 53.9 Å². The van der Waals surface area contributed by atoms with Crippen molar-refractivity contribution in [1.29, 1.82) is 5.41 Å². The number of amidine groups is 1. The number of nitrogens with one attached hydrogen (secondary N) is 3. The Bertz CT molecular complexity index is 1520. The monoisotopic (exact) mass is 576 g/mol. The van der Waals surface area contributed by atoms with Gasteiger partial charge in [-0.05, 0) is 47.4 Å². The number of fused-ring (bicyclic) bond motifs is 3. The highest BCUT2D eigenvalue weighted by atomic mass is 32.1. The first-order chi connectivity index (χ1) is 19.2. The average Bonchev–Trinajstić information content (AvgIpc) is 3.69. The number of thiophene rings is 1. The summed E-state index contributed by atoms with van der Waals surface area (Å²) in [7, 11) is 0. The van der Waals surface area contributed by atoms with Crippen molar-refractivity contribution < 1.29 is 18.6 Å². The van der Waals surface area contributed by atoms with E-state index in [1.165, 1.54) is 21.8 Å². The summed E-state index contributed by atoms with van der Waals surface area (Å²) >= 11 is 1.75. The number of nitrogens with zero attached hydrogens (tertiary/aromatic N) is 1. The first kappa shape index (κ1) is 27.6. The smallest absolute Gasteiger partial charge is 0.384 e. The number of nitrogen functional groups attached to an aromatic ring is 1. The van der Waals surface area contributed by atoms with Gasteiger partial charge in [0, 0.05) is 37.9 Å². The number of likely N-dealkylation sites (tertiary alicyclic amines) is 1. The Morgan fingerprint density at radius 3 is 2.60 bits per heavy atom. The van der Waals surface area contributed by atoms with E-state index in [-0.39, 0.29) is 49.1 Å². The van der Waals surface area contributed by atoms with Gasteiger partial charge in [0.15, 0.2) is 0 Å². The Balaban J connectivity index is 1.24. The lowest BCUT2D eigenvalue weighted by Gasteiger charge is -2.24. The summed E-state index contributed by atoms with van der Waals surface area (Å²) in [5, 5.41) is 14.5. The Hall–Kier alpha value is -3.96. The van der Waals surface area contributed by atoms with Crippen molar-refractivity contribution in [2.45, 2.75) is 43.5 Å². The molecule has 9 nitrogen and oxygen atoms in total. The number of carbonyl (C=O) groups is 3. The molecule has 4 atom stereocenters. The second-order valence-corrected chi connectivity index (χ2v) is 12.0. The first-order valence-corrected chi connectivity index (χ1v) is 14.7. The second-order valence-electron chi connectivity index (χ2n) is 10.2. The third kappa shape index (κ3) is 5.26. The van der Waals surface area contributed by atoms with Gasteiger partial charge in [0.2, 0.25) is 11.8 Å². The second kappa shape index (κ2) is 11.3. The summed E-state index contributed by atoms with van der Waals surface area (Å²) in [6.45, 7) is 3.80. The molecule has 2 heterocycles. The topological polar surface area (TPSA) is 145 Å². The molecule has 0 saturated carbocycles. The molecule has 3 aromatic rings. The summed E-state index contributed by atoms with van der Waals surface area (Å²) in [5.74, 6) is -0.977. The van der Waals surface area contributed by atoms with E-state index in [1.807, 2.05) is 37.3 Å². The van der Waals surface area contributed by atoms with Crippen molar-refractivity contribution in [2.75, 3.05) is 13.1 Å². The van der Waals surface area contributed by atoms with Gasteiger partial charge >= 0.3 is 11.7 Å². The minimum Gasteiger partial charge on any atom is -0.384 e. The van der Waals surface area contributed by atoms with Crippen molar-refractivity contribution in [3.05, 3.63) is 81.0 Å². The quantitative estimate of drug-likeness (QED) is 0.185. The maximum atomic E-state index is 13.2. The van der Waals surface area contributed by atoms with E-state index in [2.05, 4.69) is 23.6 Å². The molecular weight excluding hydrogens is 546 g/mol. The molecule has 1 aromatic heterocycles. The van der Waals surface area contributed by atoms with Crippen LogP contribution in [-0.2, 0) is 25.5 Å². The normalized spacial score (nSPS) is 19.9. The van der Waals surface area contributed by atoms with Crippen LogP contribution in [0.4, 0.5) is 0 Å². The fourth-order valence-electron chi connectivity index (χ4n) is 5.45. The highest BCUT2D eigenvalue weighted by Crippen LogP contribution is 2.44. The van der Waals surface area contributed by atoms with E-state index in [4.69, 9.17) is 11.1 Å². The van der Waals surface area contributed by atoms with Gasteiger partial charge in [0.1, 0.15) is 11.9 Å². The summed E-state index contributed by atoms with van der Waals surface area (Å²) in [5.41, 5.74) is 11.1. The van der Waals surface area contributed by atoms with E-state index in [9.17, 15) is 18.6 Å². The van der Waals surface area contributed by atoms with Crippen LogP contribution in [0.5, 0.6) is 0 Å².